The largest absolute Gasteiger partial charge is 0.271 e. The van der Waals surface area contributed by atoms with Crippen molar-refractivity contribution in [2.24, 2.45) is 5.84 Å². The molecule has 0 aliphatic heterocycles. The molecule has 0 aliphatic rings. The van der Waals surface area contributed by atoms with Crippen LogP contribution in [0, 0.1) is 5.82 Å². The molecule has 0 spiro atoms. The predicted octanol–water partition coefficient (Wildman–Crippen LogP) is 4.46. The van der Waals surface area contributed by atoms with Crippen molar-refractivity contribution in [2.45, 2.75) is 32.2 Å². The lowest BCUT2D eigenvalue weighted by Gasteiger charge is -2.18. The van der Waals surface area contributed by atoms with Gasteiger partial charge >= 0.3 is 0 Å². The van der Waals surface area contributed by atoms with Crippen LogP contribution in [0.4, 0.5) is 4.39 Å². The smallest absolute Gasteiger partial charge is 0.124 e. The molecule has 0 heterocycles. The molecular formula is C17H20BrFN2. The number of hydrogen-bond donors (Lipinski definition) is 2. The average Bonchev–Trinajstić information content (AvgIpc) is 2.44. The third-order valence-corrected chi connectivity index (χ3v) is 4.03. The van der Waals surface area contributed by atoms with Crippen LogP contribution in [0.15, 0.2) is 46.9 Å². The fourth-order valence-corrected chi connectivity index (χ4v) is 2.86. The van der Waals surface area contributed by atoms with Gasteiger partial charge in [0.25, 0.3) is 0 Å². The van der Waals surface area contributed by atoms with E-state index in [0.717, 1.165) is 15.6 Å². The minimum Gasteiger partial charge on any atom is -0.271 e. The van der Waals surface area contributed by atoms with E-state index in [1.54, 1.807) is 0 Å². The molecule has 0 saturated carbocycles. The van der Waals surface area contributed by atoms with Gasteiger partial charge < -0.3 is 0 Å². The van der Waals surface area contributed by atoms with Gasteiger partial charge in [0, 0.05) is 10.5 Å². The Balaban J connectivity index is 2.19. The summed E-state index contributed by atoms with van der Waals surface area (Å²) in [6, 6.07) is 13.2. The fraction of sp³-hybridized carbons (Fsp3) is 0.294. The lowest BCUT2D eigenvalue weighted by Crippen LogP contribution is -2.29. The second-order valence-corrected chi connectivity index (χ2v) is 6.44. The van der Waals surface area contributed by atoms with Crippen LogP contribution in [0.3, 0.4) is 0 Å². The summed E-state index contributed by atoms with van der Waals surface area (Å²) in [4.78, 5) is 0. The zero-order valence-corrected chi connectivity index (χ0v) is 13.8. The number of nitrogens with one attached hydrogen (secondary N) is 1. The van der Waals surface area contributed by atoms with Gasteiger partial charge in [-0.2, -0.15) is 0 Å². The number of hydrogen-bond acceptors (Lipinski definition) is 2. The number of hydrazine groups is 1. The van der Waals surface area contributed by atoms with Crippen molar-refractivity contribution in [1.82, 2.24) is 5.43 Å². The first-order chi connectivity index (χ1) is 9.99. The molecule has 112 valence electrons. The monoisotopic (exact) mass is 350 g/mol. The Morgan fingerprint density at radius 3 is 2.24 bits per heavy atom. The van der Waals surface area contributed by atoms with Gasteiger partial charge in [0.1, 0.15) is 5.82 Å². The van der Waals surface area contributed by atoms with E-state index in [2.05, 4.69) is 59.5 Å². The Morgan fingerprint density at radius 1 is 1.10 bits per heavy atom. The first kappa shape index (κ1) is 16.1. The van der Waals surface area contributed by atoms with Crippen LogP contribution in [-0.2, 0) is 6.42 Å². The van der Waals surface area contributed by atoms with Crippen LogP contribution in [0.2, 0.25) is 0 Å². The van der Waals surface area contributed by atoms with Gasteiger partial charge in [-0.25, -0.2) is 4.39 Å². The zero-order chi connectivity index (χ0) is 15.4. The van der Waals surface area contributed by atoms with Crippen molar-refractivity contribution < 1.29 is 4.39 Å². The molecule has 1 unspecified atom stereocenters. The topological polar surface area (TPSA) is 38.0 Å². The van der Waals surface area contributed by atoms with Gasteiger partial charge in [0.05, 0.1) is 0 Å². The highest BCUT2D eigenvalue weighted by molar-refractivity contribution is 9.10. The molecule has 2 nitrogen and oxygen atoms in total. The molecular weight excluding hydrogens is 331 g/mol. The number of rotatable bonds is 5. The lowest BCUT2D eigenvalue weighted by atomic mass is 9.96. The summed E-state index contributed by atoms with van der Waals surface area (Å²) >= 11 is 3.31. The van der Waals surface area contributed by atoms with E-state index in [1.807, 2.05) is 6.07 Å². The fourth-order valence-electron chi connectivity index (χ4n) is 2.35. The quantitative estimate of drug-likeness (QED) is 0.617. The van der Waals surface area contributed by atoms with Gasteiger partial charge in [0.15, 0.2) is 0 Å². The summed E-state index contributed by atoms with van der Waals surface area (Å²) in [5, 5.41) is 0. The summed E-state index contributed by atoms with van der Waals surface area (Å²) in [5.41, 5.74) is 6.11. The van der Waals surface area contributed by atoms with E-state index in [9.17, 15) is 4.39 Å². The van der Waals surface area contributed by atoms with E-state index in [-0.39, 0.29) is 11.9 Å². The van der Waals surface area contributed by atoms with Crippen molar-refractivity contribution in [1.29, 1.82) is 0 Å². The second kappa shape index (κ2) is 7.16. The summed E-state index contributed by atoms with van der Waals surface area (Å²) in [6.07, 6.45) is 0.633. The van der Waals surface area contributed by atoms with Crippen LogP contribution < -0.4 is 11.3 Å². The van der Waals surface area contributed by atoms with Crippen molar-refractivity contribution in [3.05, 3.63) is 69.4 Å². The van der Waals surface area contributed by atoms with Gasteiger partial charge in [0.2, 0.25) is 0 Å². The standard InChI is InChI=1S/C17H20BrFN2/c1-11(2)13-3-5-14(6-4-13)17(21-20)9-12-7-15(18)10-16(19)8-12/h3-8,10-11,17,21H,9,20H2,1-2H3. The molecule has 0 amide bonds. The Labute approximate surface area is 133 Å². The highest BCUT2D eigenvalue weighted by Gasteiger charge is 2.12. The predicted molar refractivity (Wildman–Crippen MR) is 88.4 cm³/mol. The van der Waals surface area contributed by atoms with E-state index < -0.39 is 0 Å². The van der Waals surface area contributed by atoms with E-state index >= 15 is 0 Å². The molecule has 0 radical (unpaired) electrons. The maximum Gasteiger partial charge on any atom is 0.124 e. The van der Waals surface area contributed by atoms with Crippen molar-refractivity contribution >= 4 is 15.9 Å². The highest BCUT2D eigenvalue weighted by atomic mass is 79.9. The molecule has 21 heavy (non-hydrogen) atoms. The third-order valence-electron chi connectivity index (χ3n) is 3.57. The van der Waals surface area contributed by atoms with Gasteiger partial charge in [-0.3, -0.25) is 11.3 Å². The molecule has 1 atom stereocenters. The van der Waals surface area contributed by atoms with Crippen LogP contribution >= 0.6 is 15.9 Å². The molecule has 3 N–H and O–H groups in total. The molecule has 0 aromatic heterocycles. The molecule has 0 fully saturated rings. The summed E-state index contributed by atoms with van der Waals surface area (Å²) < 4.78 is 14.2. The Hall–Kier alpha value is -1.23. The number of benzene rings is 2. The summed E-state index contributed by atoms with van der Waals surface area (Å²) in [6.45, 7) is 4.33. The molecule has 2 rings (SSSR count). The molecule has 0 saturated heterocycles. The van der Waals surface area contributed by atoms with Crippen LogP contribution in [0.25, 0.3) is 0 Å². The average molecular weight is 351 g/mol. The highest BCUT2D eigenvalue weighted by Crippen LogP contribution is 2.23. The van der Waals surface area contributed by atoms with Gasteiger partial charge in [-0.1, -0.05) is 54.0 Å². The third kappa shape index (κ3) is 4.37. The molecule has 0 bridgehead atoms. The normalized spacial score (nSPS) is 12.7. The minimum atomic E-state index is -0.245. The van der Waals surface area contributed by atoms with Crippen LogP contribution in [0.1, 0.15) is 42.5 Å². The SMILES string of the molecule is CC(C)c1ccc(C(Cc2cc(F)cc(Br)c2)NN)cc1. The summed E-state index contributed by atoms with van der Waals surface area (Å²) in [7, 11) is 0. The van der Waals surface area contributed by atoms with Crippen molar-refractivity contribution in [2.75, 3.05) is 0 Å². The first-order valence-electron chi connectivity index (χ1n) is 7.00. The van der Waals surface area contributed by atoms with E-state index in [1.165, 1.54) is 17.7 Å². The maximum atomic E-state index is 13.4. The first-order valence-corrected chi connectivity index (χ1v) is 7.80. The minimum absolute atomic E-state index is 0.0417. The van der Waals surface area contributed by atoms with Crippen LogP contribution in [-0.4, -0.2) is 0 Å². The molecule has 2 aromatic rings. The van der Waals surface area contributed by atoms with Gasteiger partial charge in [-0.05, 0) is 47.2 Å². The molecule has 2 aromatic carbocycles. The Bertz CT molecular complexity index is 576. The van der Waals surface area contributed by atoms with E-state index in [0.29, 0.717) is 12.3 Å². The van der Waals surface area contributed by atoms with Crippen LogP contribution in [0.5, 0.6) is 0 Å². The second-order valence-electron chi connectivity index (χ2n) is 5.52. The number of halogens is 2. The van der Waals surface area contributed by atoms with E-state index in [4.69, 9.17) is 5.84 Å². The van der Waals surface area contributed by atoms with Crippen molar-refractivity contribution in [3.8, 4) is 0 Å². The molecule has 4 heteroatoms. The summed E-state index contributed by atoms with van der Waals surface area (Å²) in [5.74, 6) is 5.93. The maximum absolute atomic E-state index is 13.4. The zero-order valence-electron chi connectivity index (χ0n) is 12.2. The number of nitrogens with two attached hydrogens (primary N) is 1. The lowest BCUT2D eigenvalue weighted by molar-refractivity contribution is 0.548. The van der Waals surface area contributed by atoms with Crippen molar-refractivity contribution in [3.63, 3.8) is 0 Å². The van der Waals surface area contributed by atoms with Gasteiger partial charge in [-0.15, -0.1) is 0 Å². The Morgan fingerprint density at radius 2 is 1.71 bits per heavy atom. The molecule has 0 aliphatic carbocycles. The Kier molecular flexibility index (Phi) is 5.51.